The number of rotatable bonds is 7. The van der Waals surface area contributed by atoms with Crippen molar-refractivity contribution in [1.82, 2.24) is 14.5 Å². The topological polar surface area (TPSA) is 93.8 Å². The molecule has 0 bridgehead atoms. The summed E-state index contributed by atoms with van der Waals surface area (Å²) in [6.45, 7) is 0.435. The van der Waals surface area contributed by atoms with Crippen LogP contribution in [0.25, 0.3) is 6.08 Å². The van der Waals surface area contributed by atoms with Gasteiger partial charge in [-0.2, -0.15) is 4.98 Å². The number of nitrogens with two attached hydrogens (primary N) is 1. The predicted molar refractivity (Wildman–Crippen MR) is 85.1 cm³/mol. The maximum atomic E-state index is 11.8. The first-order chi connectivity index (χ1) is 10.7. The van der Waals surface area contributed by atoms with Crippen LogP contribution in [-0.2, 0) is 6.54 Å². The van der Waals surface area contributed by atoms with Crippen LogP contribution < -0.4 is 17.1 Å². The second kappa shape index (κ2) is 6.50. The molecule has 0 amide bonds. The molecule has 1 aromatic rings. The lowest BCUT2D eigenvalue weighted by Crippen LogP contribution is -2.37. The minimum absolute atomic E-state index is 0.203. The molecule has 0 aromatic carbocycles. The second-order valence-corrected chi connectivity index (χ2v) is 6.57. The largest absolute Gasteiger partial charge is 0.404 e. The summed E-state index contributed by atoms with van der Waals surface area (Å²) >= 11 is 0. The normalized spacial score (nSPS) is 26.5. The van der Waals surface area contributed by atoms with Crippen molar-refractivity contribution in [3.05, 3.63) is 33.0 Å². The Balaban J connectivity index is 1.45. The van der Waals surface area contributed by atoms with Crippen LogP contribution >= 0.6 is 0 Å². The van der Waals surface area contributed by atoms with Crippen LogP contribution in [0.2, 0.25) is 0 Å². The Morgan fingerprint density at radius 1 is 1.27 bits per heavy atom. The van der Waals surface area contributed by atoms with Crippen LogP contribution in [0.3, 0.4) is 0 Å². The maximum absolute atomic E-state index is 11.8. The molecule has 2 aliphatic rings. The monoisotopic (exact) mass is 304 g/mol. The number of hydrogen-bond donors (Lipinski definition) is 2. The first kappa shape index (κ1) is 15.1. The van der Waals surface area contributed by atoms with Crippen molar-refractivity contribution in [1.29, 1.82) is 0 Å². The number of H-pyrrole nitrogens is 1. The lowest BCUT2D eigenvalue weighted by atomic mass is 9.96. The molecular formula is C16H24N4O2. The standard InChI is InChI=1S/C16H24N4O2/c17-8-7-14-18-15(21)20(16(22)19-14)9-3-1-2-4-11-5-6-12-10-13(11)12/h7-8,11-13H,1-6,9-10,17H2,(H,18,19,21,22)/t11-,12?,13?/m0/s1. The fraction of sp³-hybridized carbons (Fsp3) is 0.688. The van der Waals surface area contributed by atoms with Crippen molar-refractivity contribution >= 4 is 6.08 Å². The molecule has 6 heteroatoms. The molecule has 0 radical (unpaired) electrons. The van der Waals surface area contributed by atoms with Gasteiger partial charge in [-0.1, -0.05) is 19.3 Å². The highest BCUT2D eigenvalue weighted by molar-refractivity contribution is 5.37. The number of unbranched alkanes of at least 4 members (excludes halogenated alkanes) is 2. The van der Waals surface area contributed by atoms with Gasteiger partial charge < -0.3 is 5.73 Å². The zero-order chi connectivity index (χ0) is 15.5. The van der Waals surface area contributed by atoms with E-state index in [0.29, 0.717) is 6.54 Å². The molecule has 120 valence electrons. The number of fused-ring (bicyclic) bond motifs is 1. The van der Waals surface area contributed by atoms with Gasteiger partial charge in [-0.25, -0.2) is 14.2 Å². The number of hydrogen-bond acceptors (Lipinski definition) is 4. The lowest BCUT2D eigenvalue weighted by molar-refractivity contribution is 0.413. The van der Waals surface area contributed by atoms with E-state index in [2.05, 4.69) is 9.97 Å². The van der Waals surface area contributed by atoms with Crippen LogP contribution in [0.1, 0.15) is 50.8 Å². The molecule has 2 aliphatic carbocycles. The minimum Gasteiger partial charge on any atom is -0.404 e. The third-order valence-corrected chi connectivity index (χ3v) is 5.13. The molecular weight excluding hydrogens is 280 g/mol. The molecule has 0 spiro atoms. The summed E-state index contributed by atoms with van der Waals surface area (Å²) in [6, 6.07) is 0. The number of aromatic amines is 1. The van der Waals surface area contributed by atoms with Crippen LogP contribution in [0.15, 0.2) is 15.8 Å². The second-order valence-electron chi connectivity index (χ2n) is 6.57. The summed E-state index contributed by atoms with van der Waals surface area (Å²) in [5.41, 5.74) is 4.31. The van der Waals surface area contributed by atoms with Gasteiger partial charge >= 0.3 is 11.4 Å². The third kappa shape index (κ3) is 3.31. The molecule has 1 heterocycles. The SMILES string of the molecule is NC=Cc1nc(=O)n(CCCCC[C@H]2CCC3CC32)c(=O)[nH]1. The summed E-state index contributed by atoms with van der Waals surface area (Å²) in [5.74, 6) is 3.22. The van der Waals surface area contributed by atoms with E-state index < -0.39 is 11.4 Å². The average molecular weight is 304 g/mol. The van der Waals surface area contributed by atoms with E-state index in [9.17, 15) is 9.59 Å². The van der Waals surface area contributed by atoms with Gasteiger partial charge in [0.05, 0.1) is 0 Å². The molecule has 1 aromatic heterocycles. The van der Waals surface area contributed by atoms with Gasteiger partial charge in [-0.05, 0) is 55.7 Å². The van der Waals surface area contributed by atoms with E-state index in [1.807, 2.05) is 0 Å². The summed E-state index contributed by atoms with van der Waals surface area (Å²) in [6.07, 6.45) is 11.4. The Morgan fingerprint density at radius 3 is 2.77 bits per heavy atom. The smallest absolute Gasteiger partial charge is 0.353 e. The predicted octanol–water partition coefficient (Wildman–Crippen LogP) is 1.47. The molecule has 6 nitrogen and oxygen atoms in total. The molecule has 0 saturated heterocycles. The Morgan fingerprint density at radius 2 is 2.14 bits per heavy atom. The van der Waals surface area contributed by atoms with E-state index in [1.165, 1.54) is 48.9 Å². The molecule has 0 aliphatic heterocycles. The first-order valence-corrected chi connectivity index (χ1v) is 8.28. The van der Waals surface area contributed by atoms with Crippen molar-refractivity contribution in [3.8, 4) is 0 Å². The molecule has 3 rings (SSSR count). The summed E-state index contributed by atoms with van der Waals surface area (Å²) in [7, 11) is 0. The van der Waals surface area contributed by atoms with Crippen LogP contribution in [0.4, 0.5) is 0 Å². The quantitative estimate of drug-likeness (QED) is 0.746. The Hall–Kier alpha value is -1.85. The molecule has 2 unspecified atom stereocenters. The summed E-state index contributed by atoms with van der Waals surface area (Å²) in [4.78, 5) is 30.0. The van der Waals surface area contributed by atoms with Gasteiger partial charge in [0, 0.05) is 6.54 Å². The van der Waals surface area contributed by atoms with E-state index in [-0.39, 0.29) is 5.82 Å². The highest BCUT2D eigenvalue weighted by Crippen LogP contribution is 2.56. The van der Waals surface area contributed by atoms with Gasteiger partial charge in [0.1, 0.15) is 5.82 Å². The van der Waals surface area contributed by atoms with E-state index >= 15 is 0 Å². The van der Waals surface area contributed by atoms with Gasteiger partial charge in [-0.15, -0.1) is 0 Å². The maximum Gasteiger partial charge on any atom is 0.353 e. The first-order valence-electron chi connectivity index (χ1n) is 8.28. The van der Waals surface area contributed by atoms with Crippen molar-refractivity contribution in [2.24, 2.45) is 23.5 Å². The molecule has 2 fully saturated rings. The van der Waals surface area contributed by atoms with E-state index in [0.717, 1.165) is 30.6 Å². The van der Waals surface area contributed by atoms with Crippen LogP contribution in [-0.4, -0.2) is 14.5 Å². The van der Waals surface area contributed by atoms with E-state index in [4.69, 9.17) is 5.73 Å². The van der Waals surface area contributed by atoms with Crippen LogP contribution in [0.5, 0.6) is 0 Å². The third-order valence-electron chi connectivity index (χ3n) is 5.13. The highest BCUT2D eigenvalue weighted by Gasteiger charge is 2.47. The zero-order valence-corrected chi connectivity index (χ0v) is 12.8. The number of aromatic nitrogens is 3. The number of nitrogens with zero attached hydrogens (tertiary/aromatic N) is 2. The zero-order valence-electron chi connectivity index (χ0n) is 12.8. The Kier molecular flexibility index (Phi) is 4.45. The number of nitrogens with one attached hydrogen (secondary N) is 1. The Labute approximate surface area is 129 Å². The van der Waals surface area contributed by atoms with Gasteiger partial charge in [-0.3, -0.25) is 4.98 Å². The lowest BCUT2D eigenvalue weighted by Gasteiger charge is -2.11. The molecule has 22 heavy (non-hydrogen) atoms. The summed E-state index contributed by atoms with van der Waals surface area (Å²) in [5, 5.41) is 0. The van der Waals surface area contributed by atoms with Gasteiger partial charge in [0.15, 0.2) is 0 Å². The van der Waals surface area contributed by atoms with Gasteiger partial charge in [0.2, 0.25) is 0 Å². The highest BCUT2D eigenvalue weighted by atomic mass is 16.2. The van der Waals surface area contributed by atoms with Crippen molar-refractivity contribution in [2.45, 2.75) is 51.5 Å². The molecule has 3 atom stereocenters. The summed E-state index contributed by atoms with van der Waals surface area (Å²) < 4.78 is 1.17. The fourth-order valence-corrected chi connectivity index (χ4v) is 3.86. The molecule has 3 N–H and O–H groups in total. The average Bonchev–Trinajstić information content (AvgIpc) is 3.15. The van der Waals surface area contributed by atoms with E-state index in [1.54, 1.807) is 0 Å². The van der Waals surface area contributed by atoms with Gasteiger partial charge in [0.25, 0.3) is 0 Å². The van der Waals surface area contributed by atoms with Crippen molar-refractivity contribution < 1.29 is 0 Å². The van der Waals surface area contributed by atoms with Crippen LogP contribution in [0, 0.1) is 17.8 Å². The Bertz CT molecular complexity index is 630. The molecule has 2 saturated carbocycles. The van der Waals surface area contributed by atoms with Crippen molar-refractivity contribution in [2.75, 3.05) is 0 Å². The minimum atomic E-state index is -0.506. The fourth-order valence-electron chi connectivity index (χ4n) is 3.86. The van der Waals surface area contributed by atoms with Crippen molar-refractivity contribution in [3.63, 3.8) is 0 Å².